The predicted octanol–water partition coefficient (Wildman–Crippen LogP) is -2.69. The molecule has 0 saturated heterocycles. The number of aliphatic carboxylic acids is 5. The van der Waals surface area contributed by atoms with E-state index in [-0.39, 0.29) is 6.42 Å². The lowest BCUT2D eigenvalue weighted by Gasteiger charge is -2.21. The second kappa shape index (κ2) is 16.4. The van der Waals surface area contributed by atoms with Gasteiger partial charge < -0.3 is 47.2 Å². The number of hydrogen-bond donors (Lipinski definition) is 9. The largest absolute Gasteiger partial charge is 0.481 e. The van der Waals surface area contributed by atoms with E-state index in [4.69, 9.17) is 26.2 Å². The Hall–Kier alpha value is -4.28. The van der Waals surface area contributed by atoms with E-state index in [1.807, 2.05) is 5.32 Å². The van der Waals surface area contributed by atoms with E-state index >= 15 is 0 Å². The Morgan fingerprint density at radius 2 is 0.892 bits per heavy atom. The van der Waals surface area contributed by atoms with Crippen molar-refractivity contribution in [1.29, 1.82) is 0 Å². The molecule has 0 fully saturated rings. The van der Waals surface area contributed by atoms with Crippen molar-refractivity contribution in [3.05, 3.63) is 0 Å². The van der Waals surface area contributed by atoms with E-state index in [0.717, 1.165) is 0 Å². The molecule has 0 rings (SSSR count). The summed E-state index contributed by atoms with van der Waals surface area (Å²) in [5.41, 5.74) is 5.27. The maximum absolute atomic E-state index is 12.5. The normalized spacial score (nSPS) is 13.8. The Labute approximate surface area is 209 Å². The van der Waals surface area contributed by atoms with Gasteiger partial charge in [-0.05, 0) is 25.7 Å². The predicted molar refractivity (Wildman–Crippen MR) is 119 cm³/mol. The van der Waals surface area contributed by atoms with Crippen molar-refractivity contribution >= 4 is 47.6 Å². The minimum Gasteiger partial charge on any atom is -0.481 e. The average molecular weight is 534 g/mol. The number of nitrogens with two attached hydrogens (primary N) is 1. The molecule has 0 heterocycles. The third-order valence-electron chi connectivity index (χ3n) is 4.85. The molecule has 0 aliphatic heterocycles. The van der Waals surface area contributed by atoms with Crippen LogP contribution in [0.25, 0.3) is 0 Å². The van der Waals surface area contributed by atoms with Crippen molar-refractivity contribution in [2.75, 3.05) is 0 Å². The zero-order valence-electron chi connectivity index (χ0n) is 19.5. The van der Waals surface area contributed by atoms with Crippen molar-refractivity contribution in [1.82, 2.24) is 16.0 Å². The Bertz CT molecular complexity index is 891. The van der Waals surface area contributed by atoms with E-state index in [2.05, 4.69) is 10.6 Å². The SMILES string of the molecule is N[C@@H](CCC(=O)N[C@@H](CCC(=O)N[C@@H](CCC(=O)O)C(=O)N[C@@H](CCC(=O)O)C(=O)O)C(=O)O)C(=O)O. The van der Waals surface area contributed by atoms with Crippen LogP contribution in [0.1, 0.15) is 51.4 Å². The van der Waals surface area contributed by atoms with Gasteiger partial charge in [0.25, 0.3) is 0 Å². The van der Waals surface area contributed by atoms with Gasteiger partial charge in [-0.3, -0.25) is 28.8 Å². The van der Waals surface area contributed by atoms with Crippen LogP contribution in [0, 0.1) is 0 Å². The van der Waals surface area contributed by atoms with Crippen LogP contribution in [-0.4, -0.2) is 97.3 Å². The third-order valence-corrected chi connectivity index (χ3v) is 4.85. The molecule has 4 atom stereocenters. The number of rotatable bonds is 19. The average Bonchev–Trinajstić information content (AvgIpc) is 2.79. The van der Waals surface area contributed by atoms with Crippen LogP contribution in [-0.2, 0) is 38.4 Å². The zero-order chi connectivity index (χ0) is 28.7. The van der Waals surface area contributed by atoms with Crippen LogP contribution in [0.15, 0.2) is 0 Å². The molecule has 0 aromatic rings. The number of nitrogens with one attached hydrogen (secondary N) is 3. The molecule has 3 amide bonds. The van der Waals surface area contributed by atoms with E-state index < -0.39 is 117 Å². The summed E-state index contributed by atoms with van der Waals surface area (Å²) >= 11 is 0. The molecule has 0 aliphatic rings. The van der Waals surface area contributed by atoms with Crippen LogP contribution in [0.4, 0.5) is 0 Å². The van der Waals surface area contributed by atoms with Gasteiger partial charge >= 0.3 is 29.8 Å². The molecule has 0 aromatic carbocycles. The summed E-state index contributed by atoms with van der Waals surface area (Å²) in [4.78, 5) is 91.6. The number of carboxylic acid groups (broad SMARTS) is 5. The molecule has 0 unspecified atom stereocenters. The van der Waals surface area contributed by atoms with Gasteiger partial charge in [-0.25, -0.2) is 9.59 Å². The standard InChI is InChI=1S/C20H30N4O13/c21-9(18(32)33)1-5-13(25)23-11(19(34)35)2-6-14(26)22-10(3-7-15(27)28)17(31)24-12(20(36)37)4-8-16(29)30/h9-12H,1-8,21H2,(H,22,26)(H,23,25)(H,24,31)(H,27,28)(H,29,30)(H,32,33)(H,34,35)(H,36,37)/t9-,10-,11-,12-/m0/s1. The molecule has 0 bridgehead atoms. The fourth-order valence-electron chi connectivity index (χ4n) is 2.81. The molecular weight excluding hydrogens is 504 g/mol. The Kier molecular flexibility index (Phi) is 14.5. The first kappa shape index (κ1) is 32.7. The van der Waals surface area contributed by atoms with Gasteiger partial charge in [-0.15, -0.1) is 0 Å². The van der Waals surface area contributed by atoms with Crippen molar-refractivity contribution < 1.29 is 63.9 Å². The summed E-state index contributed by atoms with van der Waals surface area (Å²) in [6, 6.07) is -6.06. The van der Waals surface area contributed by atoms with Crippen LogP contribution in [0.5, 0.6) is 0 Å². The van der Waals surface area contributed by atoms with Gasteiger partial charge in [0.2, 0.25) is 17.7 Å². The monoisotopic (exact) mass is 534 g/mol. The number of carbonyl (C=O) groups is 8. The van der Waals surface area contributed by atoms with Crippen molar-refractivity contribution in [2.45, 2.75) is 75.5 Å². The molecule has 10 N–H and O–H groups in total. The summed E-state index contributed by atoms with van der Waals surface area (Å²) in [6.07, 6.45) is -3.79. The molecule has 208 valence electrons. The summed E-state index contributed by atoms with van der Waals surface area (Å²) in [7, 11) is 0. The lowest BCUT2D eigenvalue weighted by atomic mass is 10.1. The third kappa shape index (κ3) is 14.7. The maximum Gasteiger partial charge on any atom is 0.326 e. The topological polar surface area (TPSA) is 300 Å². The number of hydrogen-bond acceptors (Lipinski definition) is 9. The van der Waals surface area contributed by atoms with Crippen molar-refractivity contribution in [3.8, 4) is 0 Å². The van der Waals surface area contributed by atoms with Gasteiger partial charge in [0.15, 0.2) is 0 Å². The van der Waals surface area contributed by atoms with Crippen LogP contribution < -0.4 is 21.7 Å². The molecule has 0 aromatic heterocycles. The second-order valence-corrected chi connectivity index (χ2v) is 7.86. The highest BCUT2D eigenvalue weighted by atomic mass is 16.4. The smallest absolute Gasteiger partial charge is 0.326 e. The summed E-state index contributed by atoms with van der Waals surface area (Å²) in [5.74, 6) is -9.90. The van der Waals surface area contributed by atoms with E-state index in [9.17, 15) is 43.5 Å². The highest BCUT2D eigenvalue weighted by molar-refractivity contribution is 5.91. The first-order chi connectivity index (χ1) is 17.1. The molecule has 0 saturated carbocycles. The number of carbonyl (C=O) groups excluding carboxylic acids is 3. The molecule has 0 aliphatic carbocycles. The first-order valence-corrected chi connectivity index (χ1v) is 10.9. The van der Waals surface area contributed by atoms with Crippen LogP contribution >= 0.6 is 0 Å². The molecule has 37 heavy (non-hydrogen) atoms. The van der Waals surface area contributed by atoms with E-state index in [0.29, 0.717) is 0 Å². The highest BCUT2D eigenvalue weighted by Crippen LogP contribution is 2.06. The number of amides is 3. The highest BCUT2D eigenvalue weighted by Gasteiger charge is 2.28. The van der Waals surface area contributed by atoms with Crippen LogP contribution in [0.3, 0.4) is 0 Å². The maximum atomic E-state index is 12.5. The Balaban J connectivity index is 5.13. The van der Waals surface area contributed by atoms with Crippen molar-refractivity contribution in [2.24, 2.45) is 5.73 Å². The quantitative estimate of drug-likeness (QED) is 0.0815. The van der Waals surface area contributed by atoms with Crippen molar-refractivity contribution in [3.63, 3.8) is 0 Å². The minimum absolute atomic E-state index is 0.266. The fourth-order valence-corrected chi connectivity index (χ4v) is 2.81. The summed E-state index contributed by atoms with van der Waals surface area (Å²) in [6.45, 7) is 0. The first-order valence-electron chi connectivity index (χ1n) is 10.9. The molecule has 0 spiro atoms. The Morgan fingerprint density at radius 3 is 1.32 bits per heavy atom. The van der Waals surface area contributed by atoms with Gasteiger partial charge in [-0.2, -0.15) is 0 Å². The zero-order valence-corrected chi connectivity index (χ0v) is 19.5. The van der Waals surface area contributed by atoms with Gasteiger partial charge in [-0.1, -0.05) is 0 Å². The fraction of sp³-hybridized carbons (Fsp3) is 0.600. The molecule has 17 heteroatoms. The molecular formula is C20H30N4O13. The number of carboxylic acids is 5. The lowest BCUT2D eigenvalue weighted by Crippen LogP contribution is -2.52. The van der Waals surface area contributed by atoms with Gasteiger partial charge in [0, 0.05) is 25.7 Å². The van der Waals surface area contributed by atoms with E-state index in [1.54, 1.807) is 0 Å². The van der Waals surface area contributed by atoms with Gasteiger partial charge in [0.05, 0.1) is 0 Å². The summed E-state index contributed by atoms with van der Waals surface area (Å²) < 4.78 is 0. The molecule has 0 radical (unpaired) electrons. The minimum atomic E-state index is -1.63. The Morgan fingerprint density at radius 1 is 0.514 bits per heavy atom. The van der Waals surface area contributed by atoms with E-state index in [1.165, 1.54) is 0 Å². The lowest BCUT2D eigenvalue weighted by molar-refractivity contribution is -0.144. The second-order valence-electron chi connectivity index (χ2n) is 7.86. The van der Waals surface area contributed by atoms with Gasteiger partial charge in [0.1, 0.15) is 24.2 Å². The summed E-state index contributed by atoms with van der Waals surface area (Å²) in [5, 5.41) is 51.0. The van der Waals surface area contributed by atoms with Crippen LogP contribution in [0.2, 0.25) is 0 Å². The molecule has 17 nitrogen and oxygen atoms in total.